The Kier molecular flexibility index (Phi) is 6.64. The number of anilines is 1. The number of aromatic nitrogens is 3. The Hall–Kier alpha value is -3.02. The third-order valence-corrected chi connectivity index (χ3v) is 6.67. The van der Waals surface area contributed by atoms with Gasteiger partial charge in [-0.2, -0.15) is 9.61 Å². The van der Waals surface area contributed by atoms with E-state index >= 15 is 0 Å². The van der Waals surface area contributed by atoms with Crippen molar-refractivity contribution in [1.29, 1.82) is 0 Å². The zero-order chi connectivity index (χ0) is 23.6. The summed E-state index contributed by atoms with van der Waals surface area (Å²) in [7, 11) is -2.13. The summed E-state index contributed by atoms with van der Waals surface area (Å²) in [5.74, 6) is -1.25. The molecule has 170 valence electrons. The lowest BCUT2D eigenvalue weighted by molar-refractivity contribution is 0.560. The van der Waals surface area contributed by atoms with Crippen LogP contribution in [0.4, 0.5) is 14.6 Å². The SMILES string of the molecule is Bc1cnn2c(NCCCNS(=O)(=O)c3cc(F)cc(F)c3)cc(-c3ccccc3Cl)nc12. The minimum absolute atomic E-state index is 0.0667. The number of rotatable bonds is 8. The molecule has 33 heavy (non-hydrogen) atoms. The second-order valence-corrected chi connectivity index (χ2v) is 9.53. The summed E-state index contributed by atoms with van der Waals surface area (Å²) < 4.78 is 55.2. The van der Waals surface area contributed by atoms with Gasteiger partial charge < -0.3 is 5.32 Å². The first-order valence-electron chi connectivity index (χ1n) is 10.0. The normalized spacial score (nSPS) is 11.7. The lowest BCUT2D eigenvalue weighted by Crippen LogP contribution is -2.26. The van der Waals surface area contributed by atoms with Crippen LogP contribution in [0.15, 0.2) is 59.6 Å². The van der Waals surface area contributed by atoms with E-state index < -0.39 is 26.6 Å². The van der Waals surface area contributed by atoms with Gasteiger partial charge >= 0.3 is 0 Å². The van der Waals surface area contributed by atoms with Crippen LogP contribution in [0.2, 0.25) is 5.02 Å². The number of hydrogen-bond donors (Lipinski definition) is 2. The van der Waals surface area contributed by atoms with Gasteiger partial charge in [-0.3, -0.25) is 0 Å². The maximum atomic E-state index is 13.3. The molecule has 0 radical (unpaired) electrons. The summed E-state index contributed by atoms with van der Waals surface area (Å²) in [4.78, 5) is 4.22. The lowest BCUT2D eigenvalue weighted by atomic mass is 10.0. The number of fused-ring (bicyclic) bond motifs is 1. The predicted molar refractivity (Wildman–Crippen MR) is 126 cm³/mol. The molecule has 2 N–H and O–H groups in total. The highest BCUT2D eigenvalue weighted by molar-refractivity contribution is 7.89. The van der Waals surface area contributed by atoms with Crippen LogP contribution in [0.3, 0.4) is 0 Å². The largest absolute Gasteiger partial charge is 0.370 e. The molecule has 0 saturated carbocycles. The van der Waals surface area contributed by atoms with Crippen molar-refractivity contribution in [2.24, 2.45) is 0 Å². The Morgan fingerprint density at radius 3 is 2.52 bits per heavy atom. The monoisotopic (exact) mass is 489 g/mol. The lowest BCUT2D eigenvalue weighted by Gasteiger charge is -2.12. The molecule has 0 unspecified atom stereocenters. The molecular formula is C21H19BClF2N5O2S. The highest BCUT2D eigenvalue weighted by atomic mass is 35.5. The van der Waals surface area contributed by atoms with Crippen molar-refractivity contribution in [1.82, 2.24) is 19.3 Å². The van der Waals surface area contributed by atoms with Gasteiger partial charge in [0.1, 0.15) is 25.3 Å². The van der Waals surface area contributed by atoms with Crippen molar-refractivity contribution >= 4 is 46.4 Å². The third kappa shape index (κ3) is 5.16. The van der Waals surface area contributed by atoms with Crippen molar-refractivity contribution < 1.29 is 17.2 Å². The summed E-state index contributed by atoms with van der Waals surface area (Å²) in [5, 5.41) is 8.15. The zero-order valence-corrected chi connectivity index (χ0v) is 19.1. The van der Waals surface area contributed by atoms with E-state index in [1.165, 1.54) is 0 Å². The molecule has 2 aromatic heterocycles. The topological polar surface area (TPSA) is 88.4 Å². The first-order chi connectivity index (χ1) is 15.7. The molecular weight excluding hydrogens is 471 g/mol. The van der Waals surface area contributed by atoms with E-state index in [0.29, 0.717) is 41.2 Å². The summed E-state index contributed by atoms with van der Waals surface area (Å²) in [6, 6.07) is 11.4. The van der Waals surface area contributed by atoms with Gasteiger partial charge in [0.2, 0.25) is 10.0 Å². The van der Waals surface area contributed by atoms with Gasteiger partial charge in [0.15, 0.2) is 5.65 Å². The van der Waals surface area contributed by atoms with Crippen LogP contribution < -0.4 is 15.5 Å². The molecule has 2 aromatic carbocycles. The Morgan fingerprint density at radius 1 is 1.06 bits per heavy atom. The highest BCUT2D eigenvalue weighted by Crippen LogP contribution is 2.28. The number of sulfonamides is 1. The van der Waals surface area contributed by atoms with Crippen LogP contribution >= 0.6 is 11.6 Å². The molecule has 7 nitrogen and oxygen atoms in total. The van der Waals surface area contributed by atoms with Gasteiger partial charge in [0.25, 0.3) is 0 Å². The van der Waals surface area contributed by atoms with Crippen molar-refractivity contribution in [3.63, 3.8) is 0 Å². The van der Waals surface area contributed by atoms with E-state index in [0.717, 1.165) is 23.2 Å². The maximum absolute atomic E-state index is 13.3. The number of benzene rings is 2. The summed E-state index contributed by atoms with van der Waals surface area (Å²) in [5.41, 5.74) is 3.01. The van der Waals surface area contributed by atoms with Crippen LogP contribution in [0, 0.1) is 11.6 Å². The summed E-state index contributed by atoms with van der Waals surface area (Å²) in [6.45, 7) is 0.469. The highest BCUT2D eigenvalue weighted by Gasteiger charge is 2.16. The fraction of sp³-hybridized carbons (Fsp3) is 0.143. The molecule has 0 aliphatic rings. The smallest absolute Gasteiger partial charge is 0.240 e. The van der Waals surface area contributed by atoms with Gasteiger partial charge in [-0.1, -0.05) is 29.8 Å². The Labute approximate surface area is 195 Å². The van der Waals surface area contributed by atoms with E-state index in [4.69, 9.17) is 11.6 Å². The number of nitrogens with one attached hydrogen (secondary N) is 2. The predicted octanol–water partition coefficient (Wildman–Crippen LogP) is 2.37. The van der Waals surface area contributed by atoms with Crippen molar-refractivity contribution in [3.05, 3.63) is 71.4 Å². The van der Waals surface area contributed by atoms with Gasteiger partial charge in [0.05, 0.1) is 10.6 Å². The first kappa shape index (κ1) is 23.2. The Balaban J connectivity index is 1.46. The molecule has 0 aliphatic heterocycles. The first-order valence-corrected chi connectivity index (χ1v) is 11.9. The molecule has 12 heteroatoms. The number of hydrogen-bond acceptors (Lipinski definition) is 5. The molecule has 2 heterocycles. The van der Waals surface area contributed by atoms with Crippen LogP contribution in [-0.4, -0.2) is 44.0 Å². The average Bonchev–Trinajstić information content (AvgIpc) is 3.14. The van der Waals surface area contributed by atoms with Crippen LogP contribution in [0.5, 0.6) is 0 Å². The second kappa shape index (κ2) is 9.46. The molecule has 0 fully saturated rings. The summed E-state index contributed by atoms with van der Waals surface area (Å²) >= 11 is 6.34. The number of nitrogens with zero attached hydrogens (tertiary/aromatic N) is 3. The van der Waals surface area contributed by atoms with Crippen LogP contribution in [0.25, 0.3) is 16.9 Å². The molecule has 0 amide bonds. The summed E-state index contributed by atoms with van der Waals surface area (Å²) in [6.07, 6.45) is 2.11. The molecule has 0 bridgehead atoms. The quantitative estimate of drug-likeness (QED) is 0.293. The van der Waals surface area contributed by atoms with Crippen molar-refractivity contribution in [2.45, 2.75) is 11.3 Å². The van der Waals surface area contributed by atoms with Crippen LogP contribution in [0.1, 0.15) is 6.42 Å². The molecule has 4 rings (SSSR count). The van der Waals surface area contributed by atoms with E-state index in [-0.39, 0.29) is 6.54 Å². The van der Waals surface area contributed by atoms with Gasteiger partial charge in [-0.05, 0) is 30.1 Å². The van der Waals surface area contributed by atoms with E-state index in [2.05, 4.69) is 20.1 Å². The van der Waals surface area contributed by atoms with E-state index in [1.807, 2.05) is 32.1 Å². The average molecular weight is 490 g/mol. The second-order valence-electron chi connectivity index (χ2n) is 7.35. The standard InChI is InChI=1S/C21H19BClF2N5O2S/c22-17-12-27-30-20(11-19(29-21(17)30)16-4-1-2-5-18(16)23)26-6-3-7-28-33(31,32)15-9-13(24)8-14(25)10-15/h1-2,4-5,8-12,26,28H,3,6-7,22H2. The number of halogens is 3. The molecule has 0 aliphatic carbocycles. The van der Waals surface area contributed by atoms with Crippen molar-refractivity contribution in [2.75, 3.05) is 18.4 Å². The van der Waals surface area contributed by atoms with E-state index in [1.54, 1.807) is 16.8 Å². The zero-order valence-electron chi connectivity index (χ0n) is 17.5. The fourth-order valence-corrected chi connectivity index (χ4v) is 4.63. The Morgan fingerprint density at radius 2 is 1.79 bits per heavy atom. The van der Waals surface area contributed by atoms with Gasteiger partial charge in [-0.15, -0.1) is 0 Å². The van der Waals surface area contributed by atoms with Gasteiger partial charge in [0, 0.05) is 42.0 Å². The molecule has 0 saturated heterocycles. The minimum Gasteiger partial charge on any atom is -0.370 e. The van der Waals surface area contributed by atoms with Crippen molar-refractivity contribution in [3.8, 4) is 11.3 Å². The van der Waals surface area contributed by atoms with Gasteiger partial charge in [-0.25, -0.2) is 26.9 Å². The molecule has 0 spiro atoms. The third-order valence-electron chi connectivity index (χ3n) is 4.90. The van der Waals surface area contributed by atoms with Crippen LogP contribution in [-0.2, 0) is 10.0 Å². The fourth-order valence-electron chi connectivity index (χ4n) is 3.28. The molecule has 0 atom stereocenters. The minimum atomic E-state index is -4.03. The maximum Gasteiger partial charge on any atom is 0.240 e. The van der Waals surface area contributed by atoms with E-state index in [9.17, 15) is 17.2 Å². The molecule has 4 aromatic rings. The Bertz CT molecular complexity index is 1410.